The topological polar surface area (TPSA) is 9.23 Å². The summed E-state index contributed by atoms with van der Waals surface area (Å²) in [5.41, 5.74) is 0.558. The van der Waals surface area contributed by atoms with E-state index in [1.165, 1.54) is 57.8 Å². The largest absolute Gasteiger partial charge is 0.490 e. The van der Waals surface area contributed by atoms with E-state index in [9.17, 15) is 8.78 Å². The lowest BCUT2D eigenvalue weighted by molar-refractivity contribution is 0.155. The molecule has 158 valence electrons. The fraction of sp³-hybridized carbons (Fsp3) is 0.760. The molecule has 0 spiro atoms. The number of benzene rings is 1. The number of halogens is 2. The lowest BCUT2D eigenvalue weighted by atomic mass is 9.68. The van der Waals surface area contributed by atoms with Gasteiger partial charge in [0.2, 0.25) is 5.82 Å². The van der Waals surface area contributed by atoms with Gasteiger partial charge in [0.25, 0.3) is 0 Å². The summed E-state index contributed by atoms with van der Waals surface area (Å²) in [5.74, 6) is 1.34. The Morgan fingerprint density at radius 1 is 0.821 bits per heavy atom. The Labute approximate surface area is 170 Å². The van der Waals surface area contributed by atoms with Crippen molar-refractivity contribution in [3.05, 3.63) is 29.3 Å². The maximum atomic E-state index is 14.6. The molecule has 2 aliphatic carbocycles. The third-order valence-electron chi connectivity index (χ3n) is 7.27. The molecule has 0 N–H and O–H groups in total. The van der Waals surface area contributed by atoms with Crippen molar-refractivity contribution in [1.82, 2.24) is 0 Å². The molecule has 1 aromatic rings. The molecule has 2 saturated carbocycles. The highest BCUT2D eigenvalue weighted by atomic mass is 19.2. The first-order chi connectivity index (χ1) is 13.6. The summed E-state index contributed by atoms with van der Waals surface area (Å²) in [6.07, 6.45) is 14.8. The van der Waals surface area contributed by atoms with Crippen LogP contribution in [0.25, 0.3) is 0 Å². The first kappa shape index (κ1) is 21.6. The van der Waals surface area contributed by atoms with Crippen molar-refractivity contribution in [1.29, 1.82) is 0 Å². The zero-order chi connectivity index (χ0) is 19.9. The summed E-state index contributed by atoms with van der Waals surface area (Å²) in [5, 5.41) is 0. The average Bonchev–Trinajstić information content (AvgIpc) is 2.74. The van der Waals surface area contributed by atoms with Gasteiger partial charge in [0.15, 0.2) is 11.6 Å². The quantitative estimate of drug-likeness (QED) is 0.435. The molecule has 0 radical (unpaired) electrons. The molecule has 2 aliphatic rings. The first-order valence-corrected chi connectivity index (χ1v) is 11.7. The van der Waals surface area contributed by atoms with E-state index in [1.807, 2.05) is 6.92 Å². The standard InChI is InChI=1S/C25H38F2O/c1-3-5-6-18-7-9-19(10-8-18)20-11-13-21(14-12-20)22-15-16-23(28-17-4-2)25(27)24(22)26/h15-16,18-21H,3-14,17H2,1-2H3. The van der Waals surface area contributed by atoms with Crippen LogP contribution in [0.1, 0.15) is 102 Å². The van der Waals surface area contributed by atoms with E-state index in [1.54, 1.807) is 12.1 Å². The second kappa shape index (κ2) is 10.6. The van der Waals surface area contributed by atoms with Crippen LogP contribution >= 0.6 is 0 Å². The van der Waals surface area contributed by atoms with Gasteiger partial charge in [-0.1, -0.05) is 52.0 Å². The van der Waals surface area contributed by atoms with Gasteiger partial charge in [-0.2, -0.15) is 4.39 Å². The molecular formula is C25H38F2O. The SMILES string of the molecule is CCCCC1CCC(C2CCC(c3ccc(OCCC)c(F)c3F)CC2)CC1. The van der Waals surface area contributed by atoms with Gasteiger partial charge in [0, 0.05) is 0 Å². The Hall–Kier alpha value is -1.12. The minimum atomic E-state index is -0.807. The van der Waals surface area contributed by atoms with Crippen molar-refractivity contribution in [3.63, 3.8) is 0 Å². The van der Waals surface area contributed by atoms with E-state index < -0.39 is 11.6 Å². The Balaban J connectivity index is 1.51. The smallest absolute Gasteiger partial charge is 0.200 e. The molecule has 0 atom stereocenters. The van der Waals surface area contributed by atoms with Gasteiger partial charge < -0.3 is 4.74 Å². The van der Waals surface area contributed by atoms with Crippen molar-refractivity contribution in [2.75, 3.05) is 6.61 Å². The molecule has 2 fully saturated rings. The van der Waals surface area contributed by atoms with Crippen molar-refractivity contribution in [2.45, 2.75) is 96.8 Å². The van der Waals surface area contributed by atoms with Crippen LogP contribution < -0.4 is 4.74 Å². The Morgan fingerprint density at radius 3 is 2.07 bits per heavy atom. The van der Waals surface area contributed by atoms with Gasteiger partial charge in [-0.05, 0) is 80.2 Å². The molecule has 0 amide bonds. The number of hydrogen-bond donors (Lipinski definition) is 0. The Bertz CT molecular complexity index is 599. The van der Waals surface area contributed by atoms with E-state index in [4.69, 9.17) is 4.74 Å². The molecule has 0 aromatic heterocycles. The zero-order valence-corrected chi connectivity index (χ0v) is 17.8. The van der Waals surface area contributed by atoms with E-state index in [0.717, 1.165) is 37.0 Å². The van der Waals surface area contributed by atoms with E-state index in [2.05, 4.69) is 6.92 Å². The highest BCUT2D eigenvalue weighted by molar-refractivity contribution is 5.33. The van der Waals surface area contributed by atoms with E-state index in [-0.39, 0.29) is 11.7 Å². The summed E-state index contributed by atoms with van der Waals surface area (Å²) in [6.45, 7) is 4.66. The van der Waals surface area contributed by atoms with Gasteiger partial charge in [-0.3, -0.25) is 0 Å². The second-order valence-corrected chi connectivity index (χ2v) is 9.16. The first-order valence-electron chi connectivity index (χ1n) is 11.7. The Kier molecular flexibility index (Phi) is 8.17. The summed E-state index contributed by atoms with van der Waals surface area (Å²) < 4.78 is 34.3. The van der Waals surface area contributed by atoms with Crippen LogP contribution in [0.15, 0.2) is 12.1 Å². The second-order valence-electron chi connectivity index (χ2n) is 9.16. The molecule has 3 heteroatoms. The molecule has 28 heavy (non-hydrogen) atoms. The number of unbranched alkanes of at least 4 members (excludes halogenated alkanes) is 1. The summed E-state index contributed by atoms with van der Waals surface area (Å²) in [6, 6.07) is 3.38. The minimum Gasteiger partial charge on any atom is -0.490 e. The van der Waals surface area contributed by atoms with Gasteiger partial charge in [0.05, 0.1) is 6.61 Å². The molecule has 0 bridgehead atoms. The maximum absolute atomic E-state index is 14.6. The number of ether oxygens (including phenoxy) is 1. The third kappa shape index (κ3) is 5.27. The molecule has 0 unspecified atom stereocenters. The lowest BCUT2D eigenvalue weighted by Gasteiger charge is -2.38. The van der Waals surface area contributed by atoms with Crippen molar-refractivity contribution in [2.24, 2.45) is 17.8 Å². The number of rotatable bonds is 8. The van der Waals surface area contributed by atoms with Gasteiger partial charge in [-0.15, -0.1) is 0 Å². The monoisotopic (exact) mass is 392 g/mol. The van der Waals surface area contributed by atoms with Crippen LogP contribution in [-0.2, 0) is 0 Å². The fourth-order valence-electron chi connectivity index (χ4n) is 5.53. The van der Waals surface area contributed by atoms with E-state index in [0.29, 0.717) is 12.2 Å². The molecule has 1 aromatic carbocycles. The zero-order valence-electron chi connectivity index (χ0n) is 17.8. The van der Waals surface area contributed by atoms with Crippen LogP contribution in [0.2, 0.25) is 0 Å². The van der Waals surface area contributed by atoms with Crippen LogP contribution in [0.4, 0.5) is 8.78 Å². The van der Waals surface area contributed by atoms with Crippen LogP contribution in [0, 0.1) is 29.4 Å². The maximum Gasteiger partial charge on any atom is 0.200 e. The summed E-state index contributed by atoms with van der Waals surface area (Å²) >= 11 is 0. The molecule has 1 nitrogen and oxygen atoms in total. The molecule has 0 aliphatic heterocycles. The third-order valence-corrected chi connectivity index (χ3v) is 7.27. The highest BCUT2D eigenvalue weighted by Gasteiger charge is 2.32. The van der Waals surface area contributed by atoms with Crippen molar-refractivity contribution < 1.29 is 13.5 Å². The normalized spacial score (nSPS) is 28.3. The predicted molar refractivity (Wildman–Crippen MR) is 112 cm³/mol. The highest BCUT2D eigenvalue weighted by Crippen LogP contribution is 2.45. The van der Waals surface area contributed by atoms with Crippen LogP contribution in [0.3, 0.4) is 0 Å². The summed E-state index contributed by atoms with van der Waals surface area (Å²) in [7, 11) is 0. The van der Waals surface area contributed by atoms with Crippen LogP contribution in [0.5, 0.6) is 5.75 Å². The molecule has 0 heterocycles. The summed E-state index contributed by atoms with van der Waals surface area (Å²) in [4.78, 5) is 0. The number of hydrogen-bond acceptors (Lipinski definition) is 1. The van der Waals surface area contributed by atoms with Gasteiger partial charge in [0.1, 0.15) is 0 Å². The lowest BCUT2D eigenvalue weighted by Crippen LogP contribution is -2.25. The van der Waals surface area contributed by atoms with Crippen LogP contribution in [-0.4, -0.2) is 6.61 Å². The van der Waals surface area contributed by atoms with E-state index >= 15 is 0 Å². The van der Waals surface area contributed by atoms with Crippen molar-refractivity contribution >= 4 is 0 Å². The van der Waals surface area contributed by atoms with Crippen molar-refractivity contribution in [3.8, 4) is 5.75 Å². The molecular weight excluding hydrogens is 354 g/mol. The van der Waals surface area contributed by atoms with Gasteiger partial charge in [-0.25, -0.2) is 4.39 Å². The van der Waals surface area contributed by atoms with Gasteiger partial charge >= 0.3 is 0 Å². The fourth-order valence-corrected chi connectivity index (χ4v) is 5.53. The molecule has 0 saturated heterocycles. The Morgan fingerprint density at radius 2 is 1.46 bits per heavy atom. The molecule has 3 rings (SSSR count). The average molecular weight is 393 g/mol. The predicted octanol–water partition coefficient (Wildman–Crippen LogP) is 8.02. The minimum absolute atomic E-state index is 0.0524.